The van der Waals surface area contributed by atoms with Crippen LogP contribution in [0, 0.1) is 5.92 Å². The Morgan fingerprint density at radius 1 is 1.18 bits per heavy atom. The van der Waals surface area contributed by atoms with Crippen molar-refractivity contribution >= 4 is 0 Å². The highest BCUT2D eigenvalue weighted by Gasteiger charge is 2.44. The lowest BCUT2D eigenvalue weighted by Gasteiger charge is -2.44. The van der Waals surface area contributed by atoms with E-state index in [0.29, 0.717) is 6.42 Å². The smallest absolute Gasteiger partial charge is 0.173 e. The number of ether oxygens (including phenoxy) is 2. The summed E-state index contributed by atoms with van der Waals surface area (Å²) in [6, 6.07) is -0.699. The minimum Gasteiger partial charge on any atom is -0.390 e. The van der Waals surface area contributed by atoms with Crippen LogP contribution in [0.5, 0.6) is 0 Å². The molecule has 2 rings (SSSR count). The summed E-state index contributed by atoms with van der Waals surface area (Å²) in [7, 11) is 0. The van der Waals surface area contributed by atoms with Crippen LogP contribution in [-0.4, -0.2) is 59.0 Å². The number of rotatable bonds is 4. The van der Waals surface area contributed by atoms with Crippen LogP contribution in [0.4, 0.5) is 0 Å². The number of aliphatic hydroxyl groups is 2. The third-order valence-corrected chi connectivity index (χ3v) is 5.02. The Morgan fingerprint density at radius 2 is 1.86 bits per heavy atom. The van der Waals surface area contributed by atoms with E-state index in [1.54, 1.807) is 0 Å². The molecule has 1 saturated heterocycles. The van der Waals surface area contributed by atoms with E-state index >= 15 is 0 Å². The highest BCUT2D eigenvalue weighted by atomic mass is 16.7. The number of nitrogens with two attached hydrogens (primary N) is 3. The van der Waals surface area contributed by atoms with E-state index < -0.39 is 24.6 Å². The van der Waals surface area contributed by atoms with Crippen LogP contribution in [0.25, 0.3) is 0 Å². The summed E-state index contributed by atoms with van der Waals surface area (Å²) in [4.78, 5) is 0. The molecule has 7 nitrogen and oxygen atoms in total. The maximum absolute atomic E-state index is 10.2. The Labute approximate surface area is 132 Å². The number of hydrogen-bond donors (Lipinski definition) is 5. The molecule has 0 spiro atoms. The van der Waals surface area contributed by atoms with Crippen LogP contribution in [0.15, 0.2) is 0 Å². The molecule has 1 saturated carbocycles. The van der Waals surface area contributed by atoms with E-state index in [1.165, 1.54) is 0 Å². The van der Waals surface area contributed by atoms with Crippen molar-refractivity contribution < 1.29 is 19.7 Å². The summed E-state index contributed by atoms with van der Waals surface area (Å²) in [5.74, 6) is -0.0629. The molecule has 2 aliphatic rings. The quantitative estimate of drug-likeness (QED) is 0.450. The van der Waals surface area contributed by atoms with Crippen LogP contribution in [0.3, 0.4) is 0 Å². The predicted molar refractivity (Wildman–Crippen MR) is 82.8 cm³/mol. The minimum atomic E-state index is -1.03. The van der Waals surface area contributed by atoms with Crippen molar-refractivity contribution in [2.75, 3.05) is 0 Å². The number of aliphatic hydroxyl groups excluding tert-OH is 2. The van der Waals surface area contributed by atoms with Gasteiger partial charge in [-0.05, 0) is 31.6 Å². The lowest BCUT2D eigenvalue weighted by Crippen LogP contribution is -2.60. The summed E-state index contributed by atoms with van der Waals surface area (Å²) in [6.45, 7) is 3.88. The first-order valence-corrected chi connectivity index (χ1v) is 8.28. The largest absolute Gasteiger partial charge is 0.390 e. The van der Waals surface area contributed by atoms with Crippen molar-refractivity contribution in [1.82, 2.24) is 0 Å². The monoisotopic (exact) mass is 317 g/mol. The first-order valence-electron chi connectivity index (χ1n) is 8.28. The third kappa shape index (κ3) is 3.79. The summed E-state index contributed by atoms with van der Waals surface area (Å²) in [6.07, 6.45) is -0.364. The van der Waals surface area contributed by atoms with E-state index in [2.05, 4.69) is 0 Å². The average Bonchev–Trinajstić information content (AvgIpc) is 2.50. The fraction of sp³-hybridized carbons (Fsp3) is 1.00. The van der Waals surface area contributed by atoms with E-state index in [9.17, 15) is 10.2 Å². The molecule has 0 bridgehead atoms. The zero-order valence-electron chi connectivity index (χ0n) is 13.5. The van der Waals surface area contributed by atoms with Crippen molar-refractivity contribution in [1.29, 1.82) is 0 Å². The topological polar surface area (TPSA) is 137 Å². The Kier molecular flexibility index (Phi) is 6.18. The van der Waals surface area contributed by atoms with Crippen LogP contribution < -0.4 is 17.2 Å². The molecule has 0 aromatic rings. The van der Waals surface area contributed by atoms with Gasteiger partial charge in [-0.2, -0.15) is 0 Å². The summed E-state index contributed by atoms with van der Waals surface area (Å²) in [5.41, 5.74) is 18.2. The van der Waals surface area contributed by atoms with Crippen molar-refractivity contribution in [3.8, 4) is 0 Å². The van der Waals surface area contributed by atoms with Gasteiger partial charge in [0.05, 0.1) is 18.2 Å². The molecule has 0 aromatic carbocycles. The van der Waals surface area contributed by atoms with Gasteiger partial charge in [-0.3, -0.25) is 0 Å². The molecule has 1 heterocycles. The van der Waals surface area contributed by atoms with Gasteiger partial charge in [0.25, 0.3) is 0 Å². The fourth-order valence-corrected chi connectivity index (χ4v) is 3.37. The first kappa shape index (κ1) is 18.1. The van der Waals surface area contributed by atoms with E-state index in [1.807, 2.05) is 13.8 Å². The molecule has 130 valence electrons. The van der Waals surface area contributed by atoms with Gasteiger partial charge in [0.1, 0.15) is 12.2 Å². The second-order valence-electron chi connectivity index (χ2n) is 6.81. The lowest BCUT2D eigenvalue weighted by molar-refractivity contribution is -0.258. The Morgan fingerprint density at radius 3 is 2.50 bits per heavy atom. The second kappa shape index (κ2) is 7.53. The van der Waals surface area contributed by atoms with Crippen molar-refractivity contribution in [3.63, 3.8) is 0 Å². The molecule has 9 atom stereocenters. The van der Waals surface area contributed by atoms with Crippen LogP contribution >= 0.6 is 0 Å². The van der Waals surface area contributed by atoms with Crippen molar-refractivity contribution in [2.24, 2.45) is 23.1 Å². The highest BCUT2D eigenvalue weighted by molar-refractivity contribution is 4.95. The average molecular weight is 317 g/mol. The second-order valence-corrected chi connectivity index (χ2v) is 6.81. The molecule has 2 fully saturated rings. The minimum absolute atomic E-state index is 0.0610. The summed E-state index contributed by atoms with van der Waals surface area (Å²) in [5, 5.41) is 20.3. The van der Waals surface area contributed by atoms with Gasteiger partial charge in [-0.1, -0.05) is 13.8 Å². The maximum atomic E-state index is 10.2. The number of hydrogen-bond acceptors (Lipinski definition) is 7. The zero-order chi connectivity index (χ0) is 16.4. The standard InChI is InChI=1S/C15H31N3O4/c1-3-8(16)11-5-4-9(17)15(21-11)22-14-10(18)6-7(2)12(19)13(14)20/h7-15,19-20H,3-6,16-18H2,1-2H3/t7-,8-,9-,10+,11+,12+,13-,14-,15-/m1/s1. The highest BCUT2D eigenvalue weighted by Crippen LogP contribution is 2.30. The molecule has 0 aromatic heterocycles. The van der Waals surface area contributed by atoms with Gasteiger partial charge >= 0.3 is 0 Å². The maximum Gasteiger partial charge on any atom is 0.173 e. The SMILES string of the molecule is CC[C@@H](N)[C@@H]1CC[C@@H](N)[C@@H](O[C@H]2[C@H](O)[C@@H](O)[C@H](C)C[C@@H]2N)O1. The van der Waals surface area contributed by atoms with Gasteiger partial charge in [0.15, 0.2) is 6.29 Å². The molecule has 0 unspecified atom stereocenters. The molecule has 7 heteroatoms. The first-order chi connectivity index (χ1) is 10.3. The van der Waals surface area contributed by atoms with Crippen LogP contribution in [-0.2, 0) is 9.47 Å². The Balaban J connectivity index is 2.01. The van der Waals surface area contributed by atoms with Gasteiger partial charge in [0.2, 0.25) is 0 Å². The summed E-state index contributed by atoms with van der Waals surface area (Å²) < 4.78 is 11.8. The zero-order valence-corrected chi connectivity index (χ0v) is 13.5. The molecule has 1 aliphatic heterocycles. The molecular weight excluding hydrogens is 286 g/mol. The van der Waals surface area contributed by atoms with Crippen LogP contribution in [0.2, 0.25) is 0 Å². The van der Waals surface area contributed by atoms with Crippen molar-refractivity contribution in [2.45, 2.75) is 88.4 Å². The van der Waals surface area contributed by atoms with Gasteiger partial charge in [-0.25, -0.2) is 0 Å². The molecule has 1 aliphatic carbocycles. The van der Waals surface area contributed by atoms with E-state index in [0.717, 1.165) is 19.3 Å². The van der Waals surface area contributed by atoms with Gasteiger partial charge in [-0.15, -0.1) is 0 Å². The fourth-order valence-electron chi connectivity index (χ4n) is 3.37. The predicted octanol–water partition coefficient (Wildman–Crippen LogP) is -0.970. The lowest BCUT2D eigenvalue weighted by atomic mass is 9.81. The van der Waals surface area contributed by atoms with Crippen molar-refractivity contribution in [3.05, 3.63) is 0 Å². The van der Waals surface area contributed by atoms with E-state index in [4.69, 9.17) is 26.7 Å². The molecule has 8 N–H and O–H groups in total. The molecule has 0 amide bonds. The molecular formula is C15H31N3O4. The van der Waals surface area contributed by atoms with Gasteiger partial charge < -0.3 is 36.9 Å². The third-order valence-electron chi connectivity index (χ3n) is 5.02. The van der Waals surface area contributed by atoms with E-state index in [-0.39, 0.29) is 30.1 Å². The summed E-state index contributed by atoms with van der Waals surface area (Å²) >= 11 is 0. The normalized spacial score (nSPS) is 48.1. The molecule has 0 radical (unpaired) electrons. The van der Waals surface area contributed by atoms with Gasteiger partial charge in [0, 0.05) is 12.1 Å². The van der Waals surface area contributed by atoms with Crippen LogP contribution in [0.1, 0.15) is 39.5 Å². The Hall–Kier alpha value is -0.280. The Bertz CT molecular complexity index is 360. The molecule has 22 heavy (non-hydrogen) atoms.